The second kappa shape index (κ2) is 6.56. The van der Waals surface area contributed by atoms with Gasteiger partial charge >= 0.3 is 18.9 Å². The van der Waals surface area contributed by atoms with Crippen molar-refractivity contribution in [2.45, 2.75) is 32.8 Å². The Morgan fingerprint density at radius 3 is 2.00 bits per heavy atom. The fraction of sp³-hybridized carbons (Fsp3) is 1.00. The molecule has 7 heavy (non-hydrogen) atoms. The van der Waals surface area contributed by atoms with E-state index in [1.165, 1.54) is 0 Å². The van der Waals surface area contributed by atoms with Gasteiger partial charge in [0.15, 0.2) is 0 Å². The van der Waals surface area contributed by atoms with Crippen molar-refractivity contribution in [3.8, 4) is 0 Å². The van der Waals surface area contributed by atoms with Gasteiger partial charge in [-0.05, 0) is 0 Å². The summed E-state index contributed by atoms with van der Waals surface area (Å²) < 4.78 is 0. The van der Waals surface area contributed by atoms with Crippen LogP contribution in [0.25, 0.3) is 0 Å². The molecule has 0 heterocycles. The summed E-state index contributed by atoms with van der Waals surface area (Å²) in [6.07, 6.45) is 1.49. The smallest absolute Gasteiger partial charge is 0.852 e. The quantitative estimate of drug-likeness (QED) is 0.348. The maximum Gasteiger partial charge on any atom is 1.00 e. The molecule has 2 heteroatoms. The van der Waals surface area contributed by atoms with Crippen LogP contribution in [0.2, 0.25) is 0 Å². The van der Waals surface area contributed by atoms with Crippen LogP contribution >= 0.6 is 0 Å². The Morgan fingerprint density at radius 1 is 1.57 bits per heavy atom. The van der Waals surface area contributed by atoms with Gasteiger partial charge in [0.2, 0.25) is 0 Å². The first-order chi connectivity index (χ1) is 2.77. The van der Waals surface area contributed by atoms with E-state index in [1.54, 1.807) is 6.92 Å². The Kier molecular flexibility index (Phi) is 9.86. The zero-order valence-electron chi connectivity index (χ0n) is 5.40. The summed E-state index contributed by atoms with van der Waals surface area (Å²) in [6, 6.07) is 0. The maximum absolute atomic E-state index is 10.1. The minimum Gasteiger partial charge on any atom is -0.852 e. The number of rotatable bonds is 2. The summed E-state index contributed by atoms with van der Waals surface area (Å²) in [5.41, 5.74) is 0. The van der Waals surface area contributed by atoms with Crippen LogP contribution in [0, 0.1) is 0 Å². The standard InChI is InChI=1S/C5H11O.Li/c1-3-4-5(2)6;/h5H,3-4H2,1-2H3;/q-1;+1. The van der Waals surface area contributed by atoms with Crippen LogP contribution in [0.3, 0.4) is 0 Å². The third kappa shape index (κ3) is 10.8. The largest absolute Gasteiger partial charge is 1.00 e. The third-order valence-corrected chi connectivity index (χ3v) is 0.695. The molecule has 0 radical (unpaired) electrons. The summed E-state index contributed by atoms with van der Waals surface area (Å²) in [7, 11) is 0. The van der Waals surface area contributed by atoms with E-state index < -0.39 is 0 Å². The van der Waals surface area contributed by atoms with E-state index in [9.17, 15) is 5.11 Å². The van der Waals surface area contributed by atoms with Gasteiger partial charge in [0.05, 0.1) is 0 Å². The molecule has 0 aromatic carbocycles. The van der Waals surface area contributed by atoms with Gasteiger partial charge in [0.25, 0.3) is 0 Å². The Labute approximate surface area is 57.3 Å². The minimum absolute atomic E-state index is 0. The number of hydrogen-bond acceptors (Lipinski definition) is 1. The van der Waals surface area contributed by atoms with Crippen LogP contribution < -0.4 is 24.0 Å². The van der Waals surface area contributed by atoms with Crippen molar-refractivity contribution in [1.82, 2.24) is 0 Å². The third-order valence-electron chi connectivity index (χ3n) is 0.695. The minimum atomic E-state index is -0.352. The van der Waals surface area contributed by atoms with Gasteiger partial charge in [-0.3, -0.25) is 0 Å². The molecule has 0 amide bonds. The average molecular weight is 94.1 g/mol. The monoisotopic (exact) mass is 94.1 g/mol. The normalized spacial score (nSPS) is 12.4. The van der Waals surface area contributed by atoms with Gasteiger partial charge in [0, 0.05) is 0 Å². The van der Waals surface area contributed by atoms with Crippen molar-refractivity contribution < 1.29 is 24.0 Å². The molecule has 0 rings (SSSR count). The van der Waals surface area contributed by atoms with Crippen LogP contribution in [-0.4, -0.2) is 6.10 Å². The van der Waals surface area contributed by atoms with Gasteiger partial charge in [-0.25, -0.2) is 0 Å². The zero-order chi connectivity index (χ0) is 4.99. The molecule has 1 unspecified atom stereocenters. The van der Waals surface area contributed by atoms with E-state index in [0.29, 0.717) is 0 Å². The van der Waals surface area contributed by atoms with Crippen molar-refractivity contribution in [2.75, 3.05) is 0 Å². The van der Waals surface area contributed by atoms with Gasteiger partial charge < -0.3 is 5.11 Å². The van der Waals surface area contributed by atoms with E-state index in [4.69, 9.17) is 0 Å². The van der Waals surface area contributed by atoms with Crippen LogP contribution in [-0.2, 0) is 0 Å². The van der Waals surface area contributed by atoms with Crippen molar-refractivity contribution in [1.29, 1.82) is 0 Å². The molecular weight excluding hydrogens is 83.0 g/mol. The topological polar surface area (TPSA) is 23.1 Å². The van der Waals surface area contributed by atoms with Crippen LogP contribution in [0.15, 0.2) is 0 Å². The second-order valence-corrected chi connectivity index (χ2v) is 1.60. The first-order valence-electron chi connectivity index (χ1n) is 2.43. The van der Waals surface area contributed by atoms with E-state index >= 15 is 0 Å². The molecule has 1 nitrogen and oxygen atoms in total. The van der Waals surface area contributed by atoms with Crippen LogP contribution in [0.1, 0.15) is 26.7 Å². The Morgan fingerprint density at radius 2 is 2.00 bits per heavy atom. The first-order valence-corrected chi connectivity index (χ1v) is 2.43. The maximum atomic E-state index is 10.1. The van der Waals surface area contributed by atoms with E-state index in [2.05, 4.69) is 0 Å². The van der Waals surface area contributed by atoms with Crippen molar-refractivity contribution in [3.05, 3.63) is 0 Å². The second-order valence-electron chi connectivity index (χ2n) is 1.60. The van der Waals surface area contributed by atoms with E-state index in [1.807, 2.05) is 6.92 Å². The fourth-order valence-electron chi connectivity index (χ4n) is 0.407. The molecule has 0 aliphatic rings. The molecular formula is C5H11LiO. The molecule has 0 aromatic rings. The molecule has 0 fully saturated rings. The van der Waals surface area contributed by atoms with Crippen molar-refractivity contribution in [2.24, 2.45) is 0 Å². The molecule has 0 aliphatic heterocycles. The summed E-state index contributed by atoms with van der Waals surface area (Å²) in [5.74, 6) is 0. The van der Waals surface area contributed by atoms with Gasteiger partial charge in [-0.1, -0.05) is 26.7 Å². The Balaban J connectivity index is 0. The molecule has 0 aromatic heterocycles. The summed E-state index contributed by atoms with van der Waals surface area (Å²) in [4.78, 5) is 0. The Bertz CT molecular complexity index is 29.3. The summed E-state index contributed by atoms with van der Waals surface area (Å²) in [5, 5.41) is 10.1. The van der Waals surface area contributed by atoms with Crippen molar-refractivity contribution in [3.63, 3.8) is 0 Å². The molecule has 38 valence electrons. The average Bonchev–Trinajstić information content (AvgIpc) is 1.35. The molecule has 0 saturated heterocycles. The van der Waals surface area contributed by atoms with E-state index in [0.717, 1.165) is 12.8 Å². The fourth-order valence-corrected chi connectivity index (χ4v) is 0.407. The molecule has 0 N–H and O–H groups in total. The van der Waals surface area contributed by atoms with Crippen LogP contribution in [0.4, 0.5) is 0 Å². The Hall–Kier alpha value is 0.557. The molecule has 1 atom stereocenters. The first kappa shape index (κ1) is 10.5. The molecule has 0 saturated carbocycles. The molecule has 0 aliphatic carbocycles. The molecule has 0 spiro atoms. The van der Waals surface area contributed by atoms with Crippen molar-refractivity contribution >= 4 is 0 Å². The SMILES string of the molecule is CCCC(C)[O-].[Li+]. The van der Waals surface area contributed by atoms with E-state index in [-0.39, 0.29) is 25.0 Å². The zero-order valence-corrected chi connectivity index (χ0v) is 5.40. The van der Waals surface area contributed by atoms with Gasteiger partial charge in [0.1, 0.15) is 0 Å². The number of hydrogen-bond donors (Lipinski definition) is 0. The summed E-state index contributed by atoms with van der Waals surface area (Å²) >= 11 is 0. The predicted octanol–water partition coefficient (Wildman–Crippen LogP) is -2.46. The van der Waals surface area contributed by atoms with Gasteiger partial charge in [-0.15, -0.1) is 6.10 Å². The van der Waals surface area contributed by atoms with Crippen LogP contribution in [0.5, 0.6) is 0 Å². The van der Waals surface area contributed by atoms with Gasteiger partial charge in [-0.2, -0.15) is 0 Å². The predicted molar refractivity (Wildman–Crippen MR) is 24.4 cm³/mol. The summed E-state index contributed by atoms with van der Waals surface area (Å²) in [6.45, 7) is 3.72. The molecule has 0 bridgehead atoms.